The van der Waals surface area contributed by atoms with Gasteiger partial charge in [0, 0.05) is 0 Å². The van der Waals surface area contributed by atoms with Crippen LogP contribution in [0.4, 0.5) is 0 Å². The maximum Gasteiger partial charge on any atom is 0.475 e. The molecule has 7 heteroatoms. The van der Waals surface area contributed by atoms with Crippen LogP contribution in [0.5, 0.6) is 0 Å². The normalized spacial score (nSPS) is 14.3. The van der Waals surface area contributed by atoms with Gasteiger partial charge in [-0.2, -0.15) is 10.5 Å². The average molecular weight is 967 g/mol. The van der Waals surface area contributed by atoms with Crippen molar-refractivity contribution in [1.29, 1.82) is 10.5 Å². The van der Waals surface area contributed by atoms with Crippen molar-refractivity contribution in [2.75, 3.05) is 19.8 Å². The number of rotatable bonds is 40. The van der Waals surface area contributed by atoms with Crippen LogP contribution in [0.3, 0.4) is 0 Å². The Morgan fingerprint density at radius 3 is 0.870 bits per heavy atom. The number of phosphoric ester groups is 1. The van der Waals surface area contributed by atoms with Crippen LogP contribution >= 0.6 is 7.82 Å². The second-order valence-electron chi connectivity index (χ2n) is 19.8. The number of hydrogen-bond donors (Lipinski definition) is 0. The largest absolute Gasteiger partial charge is 0.475 e. The molecule has 0 aliphatic rings. The maximum atomic E-state index is 12.7. The average Bonchev–Trinajstić information content (AvgIpc) is 3.28. The van der Waals surface area contributed by atoms with E-state index >= 15 is 0 Å². The van der Waals surface area contributed by atoms with Gasteiger partial charge in [0.25, 0.3) is 0 Å². The number of hydrogen-bond acceptors (Lipinski definition) is 6. The van der Waals surface area contributed by atoms with Gasteiger partial charge in [0.15, 0.2) is 0 Å². The van der Waals surface area contributed by atoms with Gasteiger partial charge in [0.05, 0.1) is 44.8 Å². The smallest absolute Gasteiger partial charge is 0.286 e. The zero-order valence-corrected chi connectivity index (χ0v) is 47.1. The molecule has 0 spiro atoms. The van der Waals surface area contributed by atoms with E-state index in [-0.39, 0.29) is 32.7 Å². The lowest BCUT2D eigenvalue weighted by Crippen LogP contribution is -2.03. The second kappa shape index (κ2) is 43.1. The summed E-state index contributed by atoms with van der Waals surface area (Å²) in [4.78, 5) is 0. The van der Waals surface area contributed by atoms with Crippen LogP contribution < -0.4 is 0 Å². The molecule has 6 nitrogen and oxygen atoms in total. The third-order valence-electron chi connectivity index (χ3n) is 12.2. The first-order valence-corrected chi connectivity index (χ1v) is 27.9. The molecule has 0 aromatic heterocycles. The highest BCUT2D eigenvalue weighted by molar-refractivity contribution is 7.48. The van der Waals surface area contributed by atoms with Crippen LogP contribution in [0, 0.1) is 22.7 Å². The number of nitrogens with zero attached hydrogens (tertiary/aromatic N) is 2. The molecule has 0 unspecified atom stereocenters. The Kier molecular flexibility index (Phi) is 40.7. The Bertz CT molecular complexity index is 1900. The molecule has 0 saturated heterocycles. The number of nitriles is 2. The first kappa shape index (κ1) is 65.2. The summed E-state index contributed by atoms with van der Waals surface area (Å²) in [7, 11) is -3.81. The van der Waals surface area contributed by atoms with E-state index in [0.717, 1.165) is 108 Å². The fourth-order valence-electron chi connectivity index (χ4n) is 7.50. The van der Waals surface area contributed by atoms with Crippen LogP contribution in [0.25, 0.3) is 0 Å². The number of phosphoric acid groups is 1. The van der Waals surface area contributed by atoms with Gasteiger partial charge in [-0.15, -0.1) is 0 Å². The monoisotopic (exact) mass is 967 g/mol. The molecule has 0 fully saturated rings. The first-order valence-electron chi connectivity index (χ1n) is 26.5. The molecule has 0 N–H and O–H groups in total. The molecule has 0 aromatic carbocycles. The standard InChI is InChI=1S/C62H99N2O4P/c1-52(2)26-15-29-55(5)32-18-35-58(8)38-20-40-60(10)42-21-41-59(9)39-19-36-56(6)33-16-30-53(3)27-13-14-28-54(4)31-17-34-57(7)37-22-43-61(11)44-23-45-62(12)46-51-68-69(65,66-49-24-47-63)67-50-25-48-64/h26-27,31-33,37-39,42,44,46H,13-25,28-30,34-36,40-41,43,45,49-51H2,1-12H3/b53-27+,54-31-,55-32+,56-33-,57-37-,58-38+,59-39-,60-42+,61-44-,62-46-. The fraction of sp³-hybridized carbons (Fsp3) is 0.613. The Hall–Kier alpha value is -3.77. The highest BCUT2D eigenvalue weighted by atomic mass is 31.2. The minimum absolute atomic E-state index is 0.0507. The SMILES string of the molecule is CC(C)=CCC/C(C)=C/CC/C(C)=C/CC/C(C)=C/CC/C(C)=C\CC/C(C)=C\CC/C(C)=C/CCC/C(C)=C\CC/C(C)=C\CC/C(C)=C\CC/C(C)=C\COP(=O)(OCCC#N)OCCC#N. The van der Waals surface area contributed by atoms with Gasteiger partial charge < -0.3 is 0 Å². The summed E-state index contributed by atoms with van der Waals surface area (Å²) in [6, 6.07) is 3.87. The van der Waals surface area contributed by atoms with Crippen molar-refractivity contribution in [2.24, 2.45) is 0 Å². The van der Waals surface area contributed by atoms with Crippen LogP contribution in [0.15, 0.2) is 128 Å². The summed E-state index contributed by atoms with van der Waals surface area (Å²) in [5, 5.41) is 17.5. The van der Waals surface area contributed by atoms with Crippen molar-refractivity contribution in [2.45, 2.75) is 231 Å². The van der Waals surface area contributed by atoms with Crippen LogP contribution in [0.1, 0.15) is 231 Å². The fourth-order valence-corrected chi connectivity index (χ4v) is 8.61. The zero-order valence-electron chi connectivity index (χ0n) is 46.2. The lowest BCUT2D eigenvalue weighted by atomic mass is 10.0. The summed E-state index contributed by atoms with van der Waals surface area (Å²) in [5.41, 5.74) is 16.0. The highest BCUT2D eigenvalue weighted by Gasteiger charge is 2.26. The Balaban J connectivity index is 4.33. The molecule has 0 radical (unpaired) electrons. The lowest BCUT2D eigenvalue weighted by molar-refractivity contribution is 0.125. The maximum absolute atomic E-state index is 12.7. The Morgan fingerprint density at radius 2 is 0.594 bits per heavy atom. The molecule has 0 rings (SSSR count). The van der Waals surface area contributed by atoms with E-state index in [0.29, 0.717) is 0 Å². The number of unbranched alkanes of at least 4 members (excludes halogenated alkanes) is 1. The second-order valence-corrected chi connectivity index (χ2v) is 21.4. The molecule has 0 aliphatic carbocycles. The predicted molar refractivity (Wildman–Crippen MR) is 300 cm³/mol. The van der Waals surface area contributed by atoms with Crippen LogP contribution in [-0.4, -0.2) is 19.8 Å². The van der Waals surface area contributed by atoms with Gasteiger partial charge in [-0.1, -0.05) is 128 Å². The van der Waals surface area contributed by atoms with Gasteiger partial charge in [-0.3, -0.25) is 13.6 Å². The van der Waals surface area contributed by atoms with Crippen molar-refractivity contribution in [3.8, 4) is 12.1 Å². The zero-order chi connectivity index (χ0) is 51.5. The molecule has 0 saturated carbocycles. The van der Waals surface area contributed by atoms with Gasteiger partial charge in [0.2, 0.25) is 0 Å². The van der Waals surface area contributed by atoms with E-state index in [2.05, 4.69) is 137 Å². The van der Waals surface area contributed by atoms with Crippen molar-refractivity contribution in [3.05, 3.63) is 128 Å². The van der Waals surface area contributed by atoms with E-state index in [1.807, 2.05) is 25.1 Å². The van der Waals surface area contributed by atoms with Crippen molar-refractivity contribution < 1.29 is 18.1 Å². The highest BCUT2D eigenvalue weighted by Crippen LogP contribution is 2.49. The van der Waals surface area contributed by atoms with Gasteiger partial charge >= 0.3 is 7.82 Å². The third-order valence-corrected chi connectivity index (χ3v) is 13.7. The van der Waals surface area contributed by atoms with Crippen molar-refractivity contribution >= 4 is 7.82 Å². The molecule has 0 aliphatic heterocycles. The number of allylic oxidation sites excluding steroid dienone is 21. The first-order chi connectivity index (χ1) is 33.0. The molecule has 0 heterocycles. The van der Waals surface area contributed by atoms with E-state index in [9.17, 15) is 4.57 Å². The van der Waals surface area contributed by atoms with E-state index in [4.69, 9.17) is 24.1 Å². The van der Waals surface area contributed by atoms with Crippen molar-refractivity contribution in [1.82, 2.24) is 0 Å². The minimum Gasteiger partial charge on any atom is -0.286 e. The van der Waals surface area contributed by atoms with Gasteiger partial charge in [-0.25, -0.2) is 4.57 Å². The Labute approximate surface area is 425 Å². The quantitative estimate of drug-likeness (QED) is 0.0345. The predicted octanol–water partition coefficient (Wildman–Crippen LogP) is 20.6. The topological polar surface area (TPSA) is 92.3 Å². The molecule has 0 amide bonds. The van der Waals surface area contributed by atoms with E-state index < -0.39 is 7.82 Å². The van der Waals surface area contributed by atoms with Gasteiger partial charge in [0.1, 0.15) is 0 Å². The molecule has 0 bridgehead atoms. The van der Waals surface area contributed by atoms with Crippen LogP contribution in [-0.2, 0) is 18.1 Å². The Morgan fingerprint density at radius 1 is 0.348 bits per heavy atom. The summed E-state index contributed by atoms with van der Waals surface area (Å²) >= 11 is 0. The summed E-state index contributed by atoms with van der Waals surface area (Å²) in [5.74, 6) is 0. The van der Waals surface area contributed by atoms with Crippen LogP contribution in [0.2, 0.25) is 0 Å². The van der Waals surface area contributed by atoms with Crippen molar-refractivity contribution in [3.63, 3.8) is 0 Å². The summed E-state index contributed by atoms with van der Waals surface area (Å²) < 4.78 is 28.5. The molecule has 0 atom stereocenters. The van der Waals surface area contributed by atoms with Gasteiger partial charge in [-0.05, 0) is 218 Å². The van der Waals surface area contributed by atoms with E-state index in [1.54, 1.807) is 0 Å². The third kappa shape index (κ3) is 42.8. The minimum atomic E-state index is -3.81. The molecule has 386 valence electrons. The van der Waals surface area contributed by atoms with E-state index in [1.165, 1.54) is 87.8 Å². The molecular formula is C62H99N2O4P. The molecular weight excluding hydrogens is 868 g/mol. The molecule has 0 aromatic rings. The summed E-state index contributed by atoms with van der Waals surface area (Å²) in [6.07, 6.45) is 49.7. The lowest BCUT2D eigenvalue weighted by Gasteiger charge is -2.16. The molecule has 69 heavy (non-hydrogen) atoms. The summed E-state index contributed by atoms with van der Waals surface area (Å²) in [6.45, 7) is 26.8.